The number of hydrogen-bond acceptors (Lipinski definition) is 18. The minimum atomic E-state index is -1.84. The minimum Gasteiger partial charge on any atom is -0.477 e. The lowest BCUT2D eigenvalue weighted by Crippen LogP contribution is -2.61. The Morgan fingerprint density at radius 1 is 0.973 bits per heavy atom. The number of aliphatic hydroxyl groups excluding tert-OH is 2. The molecule has 1 aromatic heterocycles. The van der Waals surface area contributed by atoms with Crippen LogP contribution in [0.15, 0.2) is 34.1 Å². The number of carbonyl (C=O) groups is 2. The lowest BCUT2D eigenvalue weighted by molar-refractivity contribution is -0.320. The van der Waals surface area contributed by atoms with Crippen LogP contribution >= 0.6 is 11.8 Å². The molecular weight excluding hydrogens is 977 g/mol. The van der Waals surface area contributed by atoms with Crippen LogP contribution in [0.3, 0.4) is 0 Å². The number of cyclic esters (lactones) is 1. The minimum absolute atomic E-state index is 0.174. The molecule has 3 aliphatic heterocycles. The molecule has 0 bridgehead atoms. The number of aryl methyl sites for hydroxylation is 1. The van der Waals surface area contributed by atoms with Crippen LogP contribution in [0, 0.1) is 17.8 Å². The van der Waals surface area contributed by atoms with E-state index in [1.807, 2.05) is 84.6 Å². The summed E-state index contributed by atoms with van der Waals surface area (Å²) in [5, 5.41) is 61.5. The summed E-state index contributed by atoms with van der Waals surface area (Å²) in [4.78, 5) is 44.0. The van der Waals surface area contributed by atoms with Crippen molar-refractivity contribution in [1.29, 1.82) is 0 Å². The Bertz CT molecular complexity index is 2220. The van der Waals surface area contributed by atoms with Gasteiger partial charge in [0.1, 0.15) is 35.6 Å². The first kappa shape index (κ1) is 62.0. The van der Waals surface area contributed by atoms with Gasteiger partial charge in [-0.3, -0.25) is 9.59 Å². The predicted octanol–water partition coefficient (Wildman–Crippen LogP) is 4.34. The average molecular weight is 1070 g/mol. The molecule has 3 aliphatic rings. The third-order valence-corrected chi connectivity index (χ3v) is 16.9. The normalized spacial score (nSPS) is 38.4. The van der Waals surface area contributed by atoms with Crippen LogP contribution in [0.25, 0.3) is 10.9 Å². The number of nitrogens with zero attached hydrogens (tertiary/aromatic N) is 3. The van der Waals surface area contributed by atoms with Crippen molar-refractivity contribution in [2.75, 3.05) is 60.2 Å². The Morgan fingerprint density at radius 2 is 1.66 bits per heavy atom. The first-order chi connectivity index (χ1) is 34.6. The lowest BCUT2D eigenvalue weighted by atomic mass is 9.77. The molecule has 0 aliphatic carbocycles. The summed E-state index contributed by atoms with van der Waals surface area (Å²) in [6.45, 7) is 22.3. The highest BCUT2D eigenvalue weighted by Gasteiger charge is 2.53. The van der Waals surface area contributed by atoms with Crippen molar-refractivity contribution in [3.8, 4) is 0 Å². The molecule has 422 valence electrons. The molecule has 19 nitrogen and oxygen atoms in total. The van der Waals surface area contributed by atoms with E-state index in [4.69, 9.17) is 33.2 Å². The van der Waals surface area contributed by atoms with E-state index in [1.54, 1.807) is 57.2 Å². The van der Waals surface area contributed by atoms with E-state index in [2.05, 4.69) is 5.32 Å². The van der Waals surface area contributed by atoms with Crippen molar-refractivity contribution in [2.24, 2.45) is 17.8 Å². The Balaban J connectivity index is 1.35. The molecule has 0 saturated carbocycles. The van der Waals surface area contributed by atoms with Crippen molar-refractivity contribution in [3.05, 3.63) is 40.2 Å². The van der Waals surface area contributed by atoms with Crippen LogP contribution < -0.4 is 10.7 Å². The van der Waals surface area contributed by atoms with Gasteiger partial charge in [-0.25, -0.2) is 4.79 Å². The molecular formula is C54H90N4O15S. The van der Waals surface area contributed by atoms with Gasteiger partial charge in [0.2, 0.25) is 5.43 Å². The molecule has 3 fully saturated rings. The zero-order valence-corrected chi connectivity index (χ0v) is 47.4. The van der Waals surface area contributed by atoms with Crippen molar-refractivity contribution in [3.63, 3.8) is 0 Å². The van der Waals surface area contributed by atoms with Crippen LogP contribution in [0.5, 0.6) is 0 Å². The topological polar surface area (TPSA) is 240 Å². The van der Waals surface area contributed by atoms with E-state index in [0.29, 0.717) is 55.9 Å². The molecule has 0 unspecified atom stereocenters. The largest absolute Gasteiger partial charge is 0.477 e. The smallest absolute Gasteiger partial charge is 0.341 e. The Morgan fingerprint density at radius 3 is 2.28 bits per heavy atom. The maximum atomic E-state index is 14.6. The van der Waals surface area contributed by atoms with Crippen molar-refractivity contribution in [2.45, 2.75) is 204 Å². The highest BCUT2D eigenvalue weighted by molar-refractivity contribution is 7.99. The number of fused-ring (bicyclic) bond motifs is 1. The molecule has 3 saturated heterocycles. The first-order valence-electron chi connectivity index (χ1n) is 26.5. The van der Waals surface area contributed by atoms with E-state index in [0.717, 1.165) is 4.90 Å². The second kappa shape index (κ2) is 26.2. The third kappa shape index (κ3) is 14.5. The number of nitrogens with one attached hydrogen (secondary N) is 1. The fourth-order valence-corrected chi connectivity index (χ4v) is 12.4. The second-order valence-electron chi connectivity index (χ2n) is 22.3. The van der Waals surface area contributed by atoms with E-state index in [1.165, 1.54) is 13.1 Å². The SMILES string of the molecule is CC[C@@H]1OC(=O)[C@H](C)[C@H](O[C@@H]2C[C@](C)(OC)[C@H](OCCNCCSc3ccc4c(c3)c(=O)c(C(=O)O)cn4CC)[C@H](C)O2)[C@@H](C)[C@H](O[C@H]2O[C@@H](C)C[C@@H](N(C)C)[C@H]2O)[C@](C)(O)C[C@H](C)CN(C)[C@@H](C)[C@H](O)[C@@]1(C)O. The van der Waals surface area contributed by atoms with Crippen molar-refractivity contribution < 1.29 is 68.3 Å². The number of benzene rings is 1. The van der Waals surface area contributed by atoms with Gasteiger partial charge in [-0.1, -0.05) is 20.8 Å². The maximum absolute atomic E-state index is 14.6. The summed E-state index contributed by atoms with van der Waals surface area (Å²) in [5.74, 6) is -3.28. The molecule has 0 amide bonds. The fraction of sp³-hybridized carbons (Fsp3) is 0.796. The van der Waals surface area contributed by atoms with Gasteiger partial charge >= 0.3 is 11.9 Å². The fourth-order valence-electron chi connectivity index (χ4n) is 11.5. The number of rotatable bonds is 17. The Labute approximate surface area is 442 Å². The summed E-state index contributed by atoms with van der Waals surface area (Å²) in [5.41, 5.74) is -4.44. The van der Waals surface area contributed by atoms with Gasteiger partial charge in [0.05, 0.1) is 53.7 Å². The molecule has 2 aromatic rings. The van der Waals surface area contributed by atoms with Crippen molar-refractivity contribution in [1.82, 2.24) is 19.7 Å². The Hall–Kier alpha value is -2.80. The third-order valence-electron chi connectivity index (χ3n) is 15.9. The number of esters is 1. The molecule has 74 heavy (non-hydrogen) atoms. The van der Waals surface area contributed by atoms with Gasteiger partial charge in [-0.2, -0.15) is 0 Å². The van der Waals surface area contributed by atoms with Crippen LogP contribution in [0.2, 0.25) is 0 Å². The molecule has 1 aromatic carbocycles. The van der Waals surface area contributed by atoms with Crippen LogP contribution in [-0.2, 0) is 44.5 Å². The lowest BCUT2D eigenvalue weighted by Gasteiger charge is -2.49. The van der Waals surface area contributed by atoms with E-state index in [9.17, 15) is 39.9 Å². The molecule has 6 N–H and O–H groups in total. The monoisotopic (exact) mass is 1070 g/mol. The summed E-state index contributed by atoms with van der Waals surface area (Å²) in [7, 11) is 7.22. The van der Waals surface area contributed by atoms with Gasteiger partial charge in [0.25, 0.3) is 0 Å². The van der Waals surface area contributed by atoms with Gasteiger partial charge in [0, 0.05) is 79.9 Å². The van der Waals surface area contributed by atoms with Gasteiger partial charge in [-0.15, -0.1) is 11.8 Å². The van der Waals surface area contributed by atoms with Crippen LogP contribution in [-0.4, -0.2) is 202 Å². The number of aromatic carboxylic acids is 1. The standard InChI is InChI=1S/C54H90N4O15S/c1-16-41-54(11,66)46(61)34(7)57(14)28-30(3)26-52(9,65)47(73-51-44(60)40(56(12)13)24-31(4)69-51)32(5)45(33(6)50(64)71-41)72-42-27-53(10,67-15)48(35(8)70-42)68-22-20-55-21-23-74-36-18-19-39-37(25-36)43(59)38(49(62)63)29-58(39)17-2/h18-19,25,29-35,40-42,44-48,51,55,60-61,65-66H,16-17,20-24,26-28H2,1-15H3,(H,62,63)/t30-,31-,32+,33+,34-,35-,40+,41-,42+,44+,45+,46-,47-,48+,51+,52+,53-,54-/m0/s1. The van der Waals surface area contributed by atoms with Crippen LogP contribution in [0.4, 0.5) is 0 Å². The number of carboxylic acid groups (broad SMARTS) is 1. The van der Waals surface area contributed by atoms with Gasteiger partial charge in [-0.05, 0) is 120 Å². The highest BCUT2D eigenvalue weighted by atomic mass is 32.2. The van der Waals surface area contributed by atoms with Gasteiger partial charge in [0.15, 0.2) is 12.6 Å². The molecule has 20 heteroatoms. The number of hydrogen-bond donors (Lipinski definition) is 6. The summed E-state index contributed by atoms with van der Waals surface area (Å²) >= 11 is 1.55. The molecule has 0 spiro atoms. The highest BCUT2D eigenvalue weighted by Crippen LogP contribution is 2.41. The summed E-state index contributed by atoms with van der Waals surface area (Å²) < 4.78 is 47.3. The number of likely N-dealkylation sites (N-methyl/N-ethyl adjacent to an activating group) is 2. The number of carbonyl (C=O) groups excluding carboxylic acids is 1. The molecule has 5 rings (SSSR count). The molecule has 18 atom stereocenters. The van der Waals surface area contributed by atoms with E-state index in [-0.39, 0.29) is 42.9 Å². The number of thioether (sulfide) groups is 1. The van der Waals surface area contributed by atoms with E-state index >= 15 is 0 Å². The number of aliphatic hydroxyl groups is 4. The summed E-state index contributed by atoms with van der Waals surface area (Å²) in [6.07, 6.45) is -6.55. The first-order valence-corrected chi connectivity index (χ1v) is 27.5. The number of aromatic nitrogens is 1. The van der Waals surface area contributed by atoms with E-state index < -0.39 is 107 Å². The number of pyridine rings is 1. The zero-order chi connectivity index (χ0) is 55.2. The quantitative estimate of drug-likeness (QED) is 0.0734. The number of ether oxygens (including phenoxy) is 7. The van der Waals surface area contributed by atoms with Gasteiger partial charge < -0.3 is 78.4 Å². The maximum Gasteiger partial charge on any atom is 0.341 e. The number of methoxy groups -OCH3 is 1. The number of carboxylic acids is 1. The molecule has 0 radical (unpaired) electrons. The van der Waals surface area contributed by atoms with Crippen molar-refractivity contribution >= 4 is 34.6 Å². The average Bonchev–Trinajstić information content (AvgIpc) is 3.33. The van der Waals surface area contributed by atoms with Crippen LogP contribution in [0.1, 0.15) is 112 Å². The predicted molar refractivity (Wildman–Crippen MR) is 282 cm³/mol. The molecule has 4 heterocycles. The summed E-state index contributed by atoms with van der Waals surface area (Å²) in [6, 6.07) is 4.67. The second-order valence-corrected chi connectivity index (χ2v) is 23.4. The zero-order valence-electron chi connectivity index (χ0n) is 46.6. The Kier molecular flexibility index (Phi) is 22.0.